The second-order valence-corrected chi connectivity index (χ2v) is 5.51. The highest BCUT2D eigenvalue weighted by Gasteiger charge is 2.14. The first kappa shape index (κ1) is 14.7. The molecule has 0 saturated carbocycles. The highest BCUT2D eigenvalue weighted by molar-refractivity contribution is 9.10. The molecule has 1 aromatic carbocycles. The summed E-state index contributed by atoms with van der Waals surface area (Å²) in [5.74, 6) is -0.222. The van der Waals surface area contributed by atoms with E-state index in [2.05, 4.69) is 26.3 Å². The third-order valence-corrected chi connectivity index (χ3v) is 3.59. The van der Waals surface area contributed by atoms with Gasteiger partial charge in [0.25, 0.3) is 5.91 Å². The fourth-order valence-electron chi connectivity index (χ4n) is 1.82. The molecule has 6 heteroatoms. The van der Waals surface area contributed by atoms with Gasteiger partial charge in [-0.15, -0.1) is 0 Å². The second-order valence-electron chi connectivity index (χ2n) is 4.66. The van der Waals surface area contributed by atoms with Gasteiger partial charge in [-0.25, -0.2) is 0 Å². The van der Waals surface area contributed by atoms with Gasteiger partial charge in [-0.3, -0.25) is 9.48 Å². The highest BCUT2D eigenvalue weighted by atomic mass is 79.9. The van der Waals surface area contributed by atoms with Crippen molar-refractivity contribution in [3.63, 3.8) is 0 Å². The first-order chi connectivity index (χ1) is 9.47. The van der Waals surface area contributed by atoms with Gasteiger partial charge in [0.15, 0.2) is 0 Å². The minimum absolute atomic E-state index is 0.144. The van der Waals surface area contributed by atoms with E-state index >= 15 is 0 Å². The summed E-state index contributed by atoms with van der Waals surface area (Å²) in [5.41, 5.74) is 2.30. The molecule has 1 unspecified atom stereocenters. The summed E-state index contributed by atoms with van der Waals surface area (Å²) in [6, 6.07) is 5.51. The maximum absolute atomic E-state index is 12.0. The number of rotatable bonds is 4. The molecular weight excluding hydrogens is 322 g/mol. The third kappa shape index (κ3) is 3.46. The van der Waals surface area contributed by atoms with Gasteiger partial charge in [-0.05, 0) is 40.5 Å². The van der Waals surface area contributed by atoms with Crippen LogP contribution in [-0.4, -0.2) is 27.3 Å². The van der Waals surface area contributed by atoms with Crippen LogP contribution in [0.3, 0.4) is 0 Å². The monoisotopic (exact) mass is 337 g/mol. The number of hydrogen-bond donors (Lipinski definition) is 2. The van der Waals surface area contributed by atoms with Gasteiger partial charge in [0, 0.05) is 29.8 Å². The first-order valence-electron chi connectivity index (χ1n) is 6.18. The molecule has 0 fully saturated rings. The summed E-state index contributed by atoms with van der Waals surface area (Å²) in [7, 11) is 1.78. The van der Waals surface area contributed by atoms with Crippen LogP contribution in [-0.2, 0) is 7.05 Å². The number of nitrogens with zero attached hydrogens (tertiary/aromatic N) is 2. The van der Waals surface area contributed by atoms with Gasteiger partial charge in [-0.1, -0.05) is 6.07 Å². The van der Waals surface area contributed by atoms with Crippen molar-refractivity contribution in [2.24, 2.45) is 7.05 Å². The lowest BCUT2D eigenvalue weighted by Crippen LogP contribution is -2.28. The molecule has 0 saturated heterocycles. The first-order valence-corrected chi connectivity index (χ1v) is 6.97. The minimum Gasteiger partial charge on any atom is -0.386 e. The van der Waals surface area contributed by atoms with Gasteiger partial charge in [0.05, 0.1) is 17.9 Å². The van der Waals surface area contributed by atoms with E-state index in [9.17, 15) is 9.90 Å². The Kier molecular flexibility index (Phi) is 4.57. The average molecular weight is 338 g/mol. The largest absolute Gasteiger partial charge is 0.386 e. The molecule has 0 aliphatic carbocycles. The molecule has 2 aromatic rings. The topological polar surface area (TPSA) is 67.2 Å². The molecular formula is C14H16BrN3O2. The molecule has 0 bridgehead atoms. The van der Waals surface area contributed by atoms with Crippen LogP contribution in [0.25, 0.3) is 0 Å². The zero-order chi connectivity index (χ0) is 14.7. The summed E-state index contributed by atoms with van der Waals surface area (Å²) in [4.78, 5) is 12.0. The number of aliphatic hydroxyl groups is 1. The number of amides is 1. The van der Waals surface area contributed by atoms with Crippen LogP contribution < -0.4 is 5.32 Å². The smallest absolute Gasteiger partial charge is 0.252 e. The van der Waals surface area contributed by atoms with Crippen molar-refractivity contribution in [1.82, 2.24) is 15.1 Å². The molecule has 1 aromatic heterocycles. The van der Waals surface area contributed by atoms with Crippen LogP contribution in [0.15, 0.2) is 35.1 Å². The molecule has 2 N–H and O–H groups in total. The number of carbonyl (C=O) groups is 1. The summed E-state index contributed by atoms with van der Waals surface area (Å²) in [5, 5.41) is 16.7. The van der Waals surface area contributed by atoms with Crippen LogP contribution in [0, 0.1) is 6.92 Å². The Labute approximate surface area is 125 Å². The van der Waals surface area contributed by atoms with Crippen LogP contribution in [0.5, 0.6) is 0 Å². The van der Waals surface area contributed by atoms with Gasteiger partial charge < -0.3 is 10.4 Å². The van der Waals surface area contributed by atoms with Crippen molar-refractivity contribution < 1.29 is 9.90 Å². The quantitative estimate of drug-likeness (QED) is 0.896. The Bertz CT molecular complexity index is 625. The molecule has 0 spiro atoms. The maximum Gasteiger partial charge on any atom is 0.252 e. The minimum atomic E-state index is -0.767. The van der Waals surface area contributed by atoms with E-state index in [0.29, 0.717) is 11.1 Å². The summed E-state index contributed by atoms with van der Waals surface area (Å²) >= 11 is 3.37. The number of aryl methyl sites for hydroxylation is 2. The van der Waals surface area contributed by atoms with E-state index in [1.54, 1.807) is 30.2 Å². The lowest BCUT2D eigenvalue weighted by atomic mass is 10.1. The molecule has 0 aliphatic heterocycles. The second kappa shape index (κ2) is 6.19. The molecule has 106 valence electrons. The molecule has 1 heterocycles. The Morgan fingerprint density at radius 2 is 2.30 bits per heavy atom. The SMILES string of the molecule is Cc1ccc(C(=O)NCC(O)c2cnn(C)c2)c(Br)c1. The van der Waals surface area contributed by atoms with Gasteiger partial charge >= 0.3 is 0 Å². The lowest BCUT2D eigenvalue weighted by Gasteiger charge is -2.11. The number of aromatic nitrogens is 2. The molecule has 0 radical (unpaired) electrons. The standard InChI is InChI=1S/C14H16BrN3O2/c1-9-3-4-11(12(15)5-9)14(20)16-7-13(19)10-6-17-18(2)8-10/h3-6,8,13,19H,7H2,1-2H3,(H,16,20). The van der Waals surface area contributed by atoms with Crippen LogP contribution in [0.4, 0.5) is 0 Å². The average Bonchev–Trinajstić information content (AvgIpc) is 2.82. The van der Waals surface area contributed by atoms with E-state index in [1.165, 1.54) is 0 Å². The van der Waals surface area contributed by atoms with Crippen molar-refractivity contribution in [1.29, 1.82) is 0 Å². The number of nitrogens with one attached hydrogen (secondary N) is 1. The normalized spacial score (nSPS) is 12.2. The van der Waals surface area contributed by atoms with Crippen molar-refractivity contribution in [3.8, 4) is 0 Å². The van der Waals surface area contributed by atoms with E-state index in [1.807, 2.05) is 19.1 Å². The number of aliphatic hydroxyl groups excluding tert-OH is 1. The van der Waals surface area contributed by atoms with E-state index in [-0.39, 0.29) is 12.5 Å². The van der Waals surface area contributed by atoms with Crippen LogP contribution >= 0.6 is 15.9 Å². The number of halogens is 1. The van der Waals surface area contributed by atoms with Gasteiger partial charge in [0.2, 0.25) is 0 Å². The predicted molar refractivity (Wildman–Crippen MR) is 79.4 cm³/mol. The molecule has 20 heavy (non-hydrogen) atoms. The summed E-state index contributed by atoms with van der Waals surface area (Å²) in [6.07, 6.45) is 2.54. The number of carbonyl (C=O) groups excluding carboxylic acids is 1. The Morgan fingerprint density at radius 3 is 2.90 bits per heavy atom. The van der Waals surface area contributed by atoms with Gasteiger partial charge in [0.1, 0.15) is 0 Å². The zero-order valence-electron chi connectivity index (χ0n) is 11.3. The Balaban J connectivity index is 1.98. The highest BCUT2D eigenvalue weighted by Crippen LogP contribution is 2.18. The maximum atomic E-state index is 12.0. The van der Waals surface area contributed by atoms with Crippen molar-refractivity contribution in [2.75, 3.05) is 6.54 Å². The number of benzene rings is 1. The van der Waals surface area contributed by atoms with Gasteiger partial charge in [-0.2, -0.15) is 5.10 Å². The number of hydrogen-bond acceptors (Lipinski definition) is 3. The molecule has 5 nitrogen and oxygen atoms in total. The molecule has 1 amide bonds. The van der Waals surface area contributed by atoms with E-state index < -0.39 is 6.10 Å². The predicted octanol–water partition coefficient (Wildman–Crippen LogP) is 1.95. The lowest BCUT2D eigenvalue weighted by molar-refractivity contribution is 0.0915. The Morgan fingerprint density at radius 1 is 1.55 bits per heavy atom. The fraction of sp³-hybridized carbons (Fsp3) is 0.286. The van der Waals surface area contributed by atoms with Crippen molar-refractivity contribution >= 4 is 21.8 Å². The fourth-order valence-corrected chi connectivity index (χ4v) is 2.49. The molecule has 0 aliphatic rings. The zero-order valence-corrected chi connectivity index (χ0v) is 12.9. The third-order valence-electron chi connectivity index (χ3n) is 2.93. The van der Waals surface area contributed by atoms with Crippen molar-refractivity contribution in [2.45, 2.75) is 13.0 Å². The van der Waals surface area contributed by atoms with E-state index in [0.717, 1.165) is 10.0 Å². The Hall–Kier alpha value is -1.66. The van der Waals surface area contributed by atoms with Crippen LogP contribution in [0.1, 0.15) is 27.6 Å². The molecule has 2 rings (SSSR count). The molecule has 1 atom stereocenters. The summed E-state index contributed by atoms with van der Waals surface area (Å²) < 4.78 is 2.35. The van der Waals surface area contributed by atoms with Crippen LogP contribution in [0.2, 0.25) is 0 Å². The van der Waals surface area contributed by atoms with Crippen molar-refractivity contribution in [3.05, 3.63) is 51.8 Å². The summed E-state index contributed by atoms with van der Waals surface area (Å²) in [6.45, 7) is 2.10. The van der Waals surface area contributed by atoms with E-state index in [4.69, 9.17) is 0 Å².